The van der Waals surface area contributed by atoms with Gasteiger partial charge in [-0.05, 0) is 28.7 Å². The molecule has 2 aromatic rings. The molecule has 0 fully saturated rings. The molecule has 0 aromatic heterocycles. The van der Waals surface area contributed by atoms with Crippen molar-refractivity contribution in [1.29, 1.82) is 0 Å². The Morgan fingerprint density at radius 3 is 2.53 bits per heavy atom. The van der Waals surface area contributed by atoms with Crippen molar-refractivity contribution in [3.63, 3.8) is 0 Å². The number of fused-ring (bicyclic) bond motifs is 1. The minimum absolute atomic E-state index is 0.149. The molecule has 90 valence electrons. The van der Waals surface area contributed by atoms with Crippen LogP contribution in [0, 0.1) is 5.92 Å². The van der Waals surface area contributed by atoms with Gasteiger partial charge in [-0.3, -0.25) is 0 Å². The first-order valence-electron chi connectivity index (χ1n) is 6.45. The third kappa shape index (κ3) is 2.67. The Kier molecular flexibility index (Phi) is 3.80. The van der Waals surface area contributed by atoms with Crippen LogP contribution in [0.5, 0.6) is 0 Å². The number of nitrogens with two attached hydrogens (primary N) is 1. The smallest absolute Gasteiger partial charge is 0.0303 e. The van der Waals surface area contributed by atoms with Crippen LogP contribution in [-0.4, -0.2) is 0 Å². The van der Waals surface area contributed by atoms with Crippen LogP contribution in [0.25, 0.3) is 10.8 Å². The zero-order valence-electron chi connectivity index (χ0n) is 10.7. The van der Waals surface area contributed by atoms with E-state index in [9.17, 15) is 0 Å². The summed E-state index contributed by atoms with van der Waals surface area (Å²) in [5.74, 6) is 0.684. The SMILES string of the molecule is CCC(C)CC(N)c1cccc2ccccc12. The predicted molar refractivity (Wildman–Crippen MR) is 74.9 cm³/mol. The summed E-state index contributed by atoms with van der Waals surface area (Å²) in [5, 5.41) is 2.58. The van der Waals surface area contributed by atoms with Gasteiger partial charge in [-0.15, -0.1) is 0 Å². The van der Waals surface area contributed by atoms with Gasteiger partial charge < -0.3 is 5.73 Å². The monoisotopic (exact) mass is 227 g/mol. The number of benzene rings is 2. The van der Waals surface area contributed by atoms with E-state index in [1.807, 2.05) is 0 Å². The van der Waals surface area contributed by atoms with Crippen LogP contribution in [0.15, 0.2) is 42.5 Å². The molecule has 2 aromatic carbocycles. The molecule has 0 aliphatic carbocycles. The van der Waals surface area contributed by atoms with Gasteiger partial charge in [0.15, 0.2) is 0 Å². The summed E-state index contributed by atoms with van der Waals surface area (Å²) in [6.07, 6.45) is 2.25. The molecule has 0 radical (unpaired) electrons. The van der Waals surface area contributed by atoms with Gasteiger partial charge in [-0.25, -0.2) is 0 Å². The third-order valence-electron chi connectivity index (χ3n) is 3.58. The van der Waals surface area contributed by atoms with Crippen LogP contribution in [-0.2, 0) is 0 Å². The minimum Gasteiger partial charge on any atom is -0.324 e. The lowest BCUT2D eigenvalue weighted by molar-refractivity contribution is 0.463. The molecular formula is C16H21N. The van der Waals surface area contributed by atoms with Gasteiger partial charge in [0.05, 0.1) is 0 Å². The van der Waals surface area contributed by atoms with Crippen molar-refractivity contribution < 1.29 is 0 Å². The molecule has 0 bridgehead atoms. The highest BCUT2D eigenvalue weighted by molar-refractivity contribution is 5.86. The van der Waals surface area contributed by atoms with E-state index in [-0.39, 0.29) is 6.04 Å². The number of hydrogen-bond donors (Lipinski definition) is 1. The fraction of sp³-hybridized carbons (Fsp3) is 0.375. The van der Waals surface area contributed by atoms with Gasteiger partial charge in [0.1, 0.15) is 0 Å². The molecule has 0 amide bonds. The van der Waals surface area contributed by atoms with Gasteiger partial charge in [0, 0.05) is 6.04 Å². The van der Waals surface area contributed by atoms with Crippen molar-refractivity contribution in [1.82, 2.24) is 0 Å². The summed E-state index contributed by atoms with van der Waals surface area (Å²) in [4.78, 5) is 0. The van der Waals surface area contributed by atoms with Crippen LogP contribution < -0.4 is 5.73 Å². The molecule has 2 atom stereocenters. The minimum atomic E-state index is 0.149. The summed E-state index contributed by atoms with van der Waals surface area (Å²) in [5.41, 5.74) is 7.62. The van der Waals surface area contributed by atoms with Crippen molar-refractivity contribution in [2.45, 2.75) is 32.7 Å². The van der Waals surface area contributed by atoms with Gasteiger partial charge in [0.2, 0.25) is 0 Å². The first-order valence-corrected chi connectivity index (χ1v) is 6.45. The second-order valence-electron chi connectivity index (χ2n) is 4.92. The van der Waals surface area contributed by atoms with E-state index in [2.05, 4.69) is 56.3 Å². The number of hydrogen-bond acceptors (Lipinski definition) is 1. The first-order chi connectivity index (χ1) is 8.22. The van der Waals surface area contributed by atoms with E-state index in [4.69, 9.17) is 5.73 Å². The van der Waals surface area contributed by atoms with E-state index >= 15 is 0 Å². The Morgan fingerprint density at radius 2 is 1.76 bits per heavy atom. The molecular weight excluding hydrogens is 206 g/mol. The molecule has 1 nitrogen and oxygen atoms in total. The van der Waals surface area contributed by atoms with Gasteiger partial charge >= 0.3 is 0 Å². The molecule has 2 rings (SSSR count). The highest BCUT2D eigenvalue weighted by Gasteiger charge is 2.12. The standard InChI is InChI=1S/C16H21N/c1-3-12(2)11-16(17)15-10-6-8-13-7-4-5-9-14(13)15/h4-10,12,16H,3,11,17H2,1-2H3. The lowest BCUT2D eigenvalue weighted by Gasteiger charge is -2.18. The van der Waals surface area contributed by atoms with E-state index < -0.39 is 0 Å². The molecule has 0 spiro atoms. The zero-order valence-corrected chi connectivity index (χ0v) is 10.7. The molecule has 0 aliphatic rings. The zero-order chi connectivity index (χ0) is 12.3. The Hall–Kier alpha value is -1.34. The van der Waals surface area contributed by atoms with Crippen LogP contribution in [0.1, 0.15) is 38.3 Å². The first kappa shape index (κ1) is 12.1. The largest absolute Gasteiger partial charge is 0.324 e. The molecule has 0 saturated carbocycles. The van der Waals surface area contributed by atoms with Crippen LogP contribution in [0.3, 0.4) is 0 Å². The van der Waals surface area contributed by atoms with Gasteiger partial charge in [-0.2, -0.15) is 0 Å². The van der Waals surface area contributed by atoms with Gasteiger partial charge in [0.25, 0.3) is 0 Å². The Balaban J connectivity index is 2.34. The topological polar surface area (TPSA) is 26.0 Å². The maximum absolute atomic E-state index is 6.34. The lowest BCUT2D eigenvalue weighted by Crippen LogP contribution is -2.14. The number of rotatable bonds is 4. The highest BCUT2D eigenvalue weighted by Crippen LogP contribution is 2.27. The maximum atomic E-state index is 6.34. The molecule has 2 unspecified atom stereocenters. The molecule has 0 heterocycles. The Labute approximate surface area is 104 Å². The summed E-state index contributed by atoms with van der Waals surface area (Å²) in [7, 11) is 0. The summed E-state index contributed by atoms with van der Waals surface area (Å²) in [6, 6.07) is 15.0. The van der Waals surface area contributed by atoms with Crippen molar-refractivity contribution in [2.75, 3.05) is 0 Å². The third-order valence-corrected chi connectivity index (χ3v) is 3.58. The average Bonchev–Trinajstić information content (AvgIpc) is 2.37. The van der Waals surface area contributed by atoms with E-state index in [0.29, 0.717) is 5.92 Å². The normalized spacial score (nSPS) is 14.8. The molecule has 17 heavy (non-hydrogen) atoms. The van der Waals surface area contributed by atoms with Crippen molar-refractivity contribution in [2.24, 2.45) is 11.7 Å². The second-order valence-corrected chi connectivity index (χ2v) is 4.92. The second kappa shape index (κ2) is 5.33. The van der Waals surface area contributed by atoms with Crippen LogP contribution >= 0.6 is 0 Å². The predicted octanol–water partition coefficient (Wildman–Crippen LogP) is 4.28. The fourth-order valence-electron chi connectivity index (χ4n) is 2.30. The Morgan fingerprint density at radius 1 is 1.06 bits per heavy atom. The summed E-state index contributed by atoms with van der Waals surface area (Å²) < 4.78 is 0. The fourth-order valence-corrected chi connectivity index (χ4v) is 2.30. The molecule has 0 saturated heterocycles. The van der Waals surface area contributed by atoms with Crippen LogP contribution in [0.4, 0.5) is 0 Å². The van der Waals surface area contributed by atoms with Crippen LogP contribution in [0.2, 0.25) is 0 Å². The quantitative estimate of drug-likeness (QED) is 0.829. The average molecular weight is 227 g/mol. The molecule has 1 heteroatoms. The van der Waals surface area contributed by atoms with E-state index in [1.165, 1.54) is 22.8 Å². The summed E-state index contributed by atoms with van der Waals surface area (Å²) in [6.45, 7) is 4.49. The molecule has 0 aliphatic heterocycles. The summed E-state index contributed by atoms with van der Waals surface area (Å²) >= 11 is 0. The maximum Gasteiger partial charge on any atom is 0.0303 e. The van der Waals surface area contributed by atoms with Crippen molar-refractivity contribution >= 4 is 10.8 Å². The van der Waals surface area contributed by atoms with Crippen molar-refractivity contribution in [3.05, 3.63) is 48.0 Å². The van der Waals surface area contributed by atoms with Crippen molar-refractivity contribution in [3.8, 4) is 0 Å². The lowest BCUT2D eigenvalue weighted by atomic mass is 9.92. The van der Waals surface area contributed by atoms with Gasteiger partial charge in [-0.1, -0.05) is 62.7 Å². The Bertz CT molecular complexity index is 484. The highest BCUT2D eigenvalue weighted by atomic mass is 14.6. The molecule has 2 N–H and O–H groups in total. The van der Waals surface area contributed by atoms with E-state index in [1.54, 1.807) is 0 Å². The van der Waals surface area contributed by atoms with E-state index in [0.717, 1.165) is 6.42 Å².